The van der Waals surface area contributed by atoms with Gasteiger partial charge in [0.15, 0.2) is 0 Å². The molecular weight excluding hydrogens is 178 g/mol. The van der Waals surface area contributed by atoms with E-state index in [0.29, 0.717) is 5.92 Å². The van der Waals surface area contributed by atoms with E-state index in [-0.39, 0.29) is 0 Å². The molecular formula is C11H15NO2. The summed E-state index contributed by atoms with van der Waals surface area (Å²) >= 11 is 0. The Kier molecular flexibility index (Phi) is 3.51. The zero-order valence-corrected chi connectivity index (χ0v) is 8.54. The van der Waals surface area contributed by atoms with Crippen LogP contribution in [0, 0.1) is 0 Å². The summed E-state index contributed by atoms with van der Waals surface area (Å²) in [6, 6.07) is 6.18. The summed E-state index contributed by atoms with van der Waals surface area (Å²) in [5, 5.41) is 3.35. The van der Waals surface area contributed by atoms with Crippen molar-refractivity contribution >= 4 is 12.5 Å². The highest BCUT2D eigenvalue weighted by Gasteiger charge is 2.17. The van der Waals surface area contributed by atoms with Gasteiger partial charge in [-0.15, -0.1) is 0 Å². The van der Waals surface area contributed by atoms with E-state index >= 15 is 0 Å². The fraction of sp³-hybridized carbons (Fsp3) is 0.364. The van der Waals surface area contributed by atoms with Gasteiger partial charge in [-0.2, -0.15) is 0 Å². The van der Waals surface area contributed by atoms with E-state index in [0.717, 1.165) is 12.3 Å². The molecule has 0 fully saturated rings. The highest BCUT2D eigenvalue weighted by Crippen LogP contribution is 2.33. The molecule has 14 heavy (non-hydrogen) atoms. The number of nitrogens with one attached hydrogen (secondary N) is 1. The molecule has 1 unspecified atom stereocenters. The van der Waals surface area contributed by atoms with Crippen molar-refractivity contribution in [1.82, 2.24) is 0 Å². The molecule has 0 aliphatic carbocycles. The number of rotatable bonds is 1. The summed E-state index contributed by atoms with van der Waals surface area (Å²) in [6.07, 6.45) is 0. The third kappa shape index (κ3) is 1.87. The summed E-state index contributed by atoms with van der Waals surface area (Å²) < 4.78 is 5.16. The molecule has 0 radical (unpaired) electrons. The van der Waals surface area contributed by atoms with Crippen molar-refractivity contribution in [2.24, 2.45) is 0 Å². The van der Waals surface area contributed by atoms with Gasteiger partial charge in [0, 0.05) is 18.2 Å². The molecule has 1 heterocycles. The summed E-state index contributed by atoms with van der Waals surface area (Å²) in [4.78, 5) is 8.00. The first-order valence-electron chi connectivity index (χ1n) is 4.52. The van der Waals surface area contributed by atoms with Crippen LogP contribution in [0.3, 0.4) is 0 Å². The number of hydrogen-bond acceptors (Lipinski definition) is 3. The van der Waals surface area contributed by atoms with Crippen molar-refractivity contribution < 1.29 is 9.53 Å². The number of carbonyl (C=O) groups excluding carboxylic acids is 1. The fourth-order valence-corrected chi connectivity index (χ4v) is 1.61. The van der Waals surface area contributed by atoms with Crippen LogP contribution < -0.4 is 10.1 Å². The number of hydrogen-bond donors (Lipinski definition) is 1. The van der Waals surface area contributed by atoms with Gasteiger partial charge >= 0.3 is 0 Å². The van der Waals surface area contributed by atoms with Crippen LogP contribution in [-0.4, -0.2) is 20.4 Å². The number of anilines is 1. The van der Waals surface area contributed by atoms with Gasteiger partial charge in [-0.1, -0.05) is 6.92 Å². The van der Waals surface area contributed by atoms with E-state index < -0.39 is 0 Å². The second-order valence-electron chi connectivity index (χ2n) is 3.24. The van der Waals surface area contributed by atoms with Gasteiger partial charge in [-0.25, -0.2) is 0 Å². The molecule has 0 saturated heterocycles. The maximum Gasteiger partial charge on any atom is 0.119 e. The second-order valence-corrected chi connectivity index (χ2v) is 3.24. The van der Waals surface area contributed by atoms with E-state index in [4.69, 9.17) is 9.53 Å². The third-order valence-corrected chi connectivity index (χ3v) is 2.39. The van der Waals surface area contributed by atoms with Gasteiger partial charge < -0.3 is 14.8 Å². The summed E-state index contributed by atoms with van der Waals surface area (Å²) in [5.41, 5.74) is 2.62. The van der Waals surface area contributed by atoms with Crippen LogP contribution in [0.1, 0.15) is 18.4 Å². The van der Waals surface area contributed by atoms with Crippen LogP contribution in [0.4, 0.5) is 5.69 Å². The first-order valence-corrected chi connectivity index (χ1v) is 4.52. The van der Waals surface area contributed by atoms with Crippen molar-refractivity contribution in [3.8, 4) is 5.75 Å². The summed E-state index contributed by atoms with van der Waals surface area (Å²) in [6.45, 7) is 5.26. The SMILES string of the molecule is C=O.COc1ccc2c(c1)C(C)CN2. The van der Waals surface area contributed by atoms with Crippen molar-refractivity contribution in [3.05, 3.63) is 23.8 Å². The average molecular weight is 193 g/mol. The van der Waals surface area contributed by atoms with Gasteiger partial charge in [-0.3, -0.25) is 0 Å². The van der Waals surface area contributed by atoms with Gasteiger partial charge in [-0.05, 0) is 23.8 Å². The zero-order chi connectivity index (χ0) is 10.6. The Morgan fingerprint density at radius 3 is 2.86 bits per heavy atom. The molecule has 0 bridgehead atoms. The molecule has 0 saturated carbocycles. The normalized spacial score (nSPS) is 17.4. The molecule has 0 amide bonds. The predicted molar refractivity (Wildman–Crippen MR) is 57.0 cm³/mol. The third-order valence-electron chi connectivity index (χ3n) is 2.39. The first kappa shape index (κ1) is 10.6. The number of benzene rings is 1. The van der Waals surface area contributed by atoms with E-state index in [9.17, 15) is 0 Å². The van der Waals surface area contributed by atoms with Crippen molar-refractivity contribution in [2.45, 2.75) is 12.8 Å². The first-order chi connectivity index (χ1) is 6.81. The molecule has 1 atom stereocenters. The Bertz CT molecular complexity index is 312. The molecule has 2 rings (SSSR count). The van der Waals surface area contributed by atoms with Crippen molar-refractivity contribution in [3.63, 3.8) is 0 Å². The predicted octanol–water partition coefficient (Wildman–Crippen LogP) is 2.04. The Morgan fingerprint density at radius 1 is 1.50 bits per heavy atom. The Hall–Kier alpha value is -1.51. The standard InChI is InChI=1S/C10H13NO.CH2O/c1-7-6-11-10-4-3-8(12-2)5-9(7)10;1-2/h3-5,7,11H,6H2,1-2H3;1H2. The van der Waals surface area contributed by atoms with Crippen LogP contribution in [0.25, 0.3) is 0 Å². The van der Waals surface area contributed by atoms with E-state index in [2.05, 4.69) is 24.4 Å². The van der Waals surface area contributed by atoms with Crippen LogP contribution in [0.2, 0.25) is 0 Å². The Morgan fingerprint density at radius 2 is 2.21 bits per heavy atom. The highest BCUT2D eigenvalue weighted by molar-refractivity contribution is 5.59. The monoisotopic (exact) mass is 193 g/mol. The minimum absolute atomic E-state index is 0.607. The minimum Gasteiger partial charge on any atom is -0.497 e. The Balaban J connectivity index is 0.000000461. The maximum atomic E-state index is 8.00. The maximum absolute atomic E-state index is 8.00. The average Bonchev–Trinajstić information content (AvgIpc) is 2.63. The fourth-order valence-electron chi connectivity index (χ4n) is 1.61. The van der Waals surface area contributed by atoms with Crippen LogP contribution in [0.15, 0.2) is 18.2 Å². The number of fused-ring (bicyclic) bond motifs is 1. The van der Waals surface area contributed by atoms with E-state index in [1.807, 2.05) is 12.9 Å². The Labute approximate surface area is 84.1 Å². The summed E-state index contributed by atoms with van der Waals surface area (Å²) in [5.74, 6) is 1.56. The molecule has 1 aromatic carbocycles. The molecule has 3 heteroatoms. The highest BCUT2D eigenvalue weighted by atomic mass is 16.5. The van der Waals surface area contributed by atoms with Gasteiger partial charge in [0.05, 0.1) is 7.11 Å². The van der Waals surface area contributed by atoms with Crippen LogP contribution >= 0.6 is 0 Å². The number of ether oxygens (including phenoxy) is 1. The van der Waals surface area contributed by atoms with Gasteiger partial charge in [0.1, 0.15) is 12.5 Å². The van der Waals surface area contributed by atoms with Crippen molar-refractivity contribution in [2.75, 3.05) is 19.0 Å². The van der Waals surface area contributed by atoms with Gasteiger partial charge in [0.2, 0.25) is 0 Å². The van der Waals surface area contributed by atoms with Crippen LogP contribution in [-0.2, 0) is 4.79 Å². The molecule has 1 aliphatic heterocycles. The molecule has 1 aliphatic rings. The largest absolute Gasteiger partial charge is 0.497 e. The molecule has 3 nitrogen and oxygen atoms in total. The molecule has 0 spiro atoms. The topological polar surface area (TPSA) is 38.3 Å². The molecule has 1 N–H and O–H groups in total. The van der Waals surface area contributed by atoms with Crippen molar-refractivity contribution in [1.29, 1.82) is 0 Å². The smallest absolute Gasteiger partial charge is 0.119 e. The molecule has 76 valence electrons. The minimum atomic E-state index is 0.607. The quantitative estimate of drug-likeness (QED) is 0.741. The molecule has 0 aromatic heterocycles. The lowest BCUT2D eigenvalue weighted by atomic mass is 10.0. The lowest BCUT2D eigenvalue weighted by molar-refractivity contribution is -0.0979. The van der Waals surface area contributed by atoms with E-state index in [1.54, 1.807) is 7.11 Å². The lowest BCUT2D eigenvalue weighted by Crippen LogP contribution is -1.95. The summed E-state index contributed by atoms with van der Waals surface area (Å²) in [7, 11) is 1.70. The zero-order valence-electron chi connectivity index (χ0n) is 8.54. The van der Waals surface area contributed by atoms with Gasteiger partial charge in [0.25, 0.3) is 0 Å². The lowest BCUT2D eigenvalue weighted by Gasteiger charge is -2.04. The molecule has 1 aromatic rings. The number of carbonyl (C=O) groups is 1. The second kappa shape index (κ2) is 4.65. The van der Waals surface area contributed by atoms with Crippen LogP contribution in [0.5, 0.6) is 5.75 Å². The van der Waals surface area contributed by atoms with E-state index in [1.165, 1.54) is 11.3 Å². The number of methoxy groups -OCH3 is 1.